The molecule has 2 rings (SSSR count). The normalized spacial score (nSPS) is 33.9. The number of fused-ring (bicyclic) bond motifs is 1. The molecule has 0 aromatic rings. The predicted molar refractivity (Wildman–Crippen MR) is 61.7 cm³/mol. The van der Waals surface area contributed by atoms with Crippen LogP contribution in [0.15, 0.2) is 0 Å². The van der Waals surface area contributed by atoms with E-state index in [0.717, 1.165) is 19.3 Å². The van der Waals surface area contributed by atoms with Crippen LogP contribution >= 0.6 is 0 Å². The van der Waals surface area contributed by atoms with Crippen molar-refractivity contribution in [2.24, 2.45) is 23.2 Å². The summed E-state index contributed by atoms with van der Waals surface area (Å²) in [6.07, 6.45) is 2.49. The molecule has 3 unspecified atom stereocenters. The topological polar surface area (TPSA) is 52.6 Å². The van der Waals surface area contributed by atoms with Gasteiger partial charge in [-0.25, -0.2) is 0 Å². The first-order valence-corrected chi connectivity index (χ1v) is 7.06. The van der Waals surface area contributed by atoms with Gasteiger partial charge >= 0.3 is 15.9 Å². The molecule has 0 bridgehead atoms. The molecule has 93 valence electrons. The molecule has 0 aromatic carbocycles. The molecule has 17 heavy (non-hydrogen) atoms. The summed E-state index contributed by atoms with van der Waals surface area (Å²) in [5.74, 6) is -0.545. The summed E-state index contributed by atoms with van der Waals surface area (Å²) in [4.78, 5) is 23.5. The third kappa shape index (κ3) is 2.66. The van der Waals surface area contributed by atoms with E-state index >= 15 is 0 Å². The summed E-state index contributed by atoms with van der Waals surface area (Å²) in [6, 6.07) is 0. The maximum absolute atomic E-state index is 11.8. The van der Waals surface area contributed by atoms with E-state index in [1.165, 1.54) is 0 Å². The Hall–Kier alpha value is -0.528. The number of hydrogen-bond donors (Lipinski definition) is 0. The van der Waals surface area contributed by atoms with Gasteiger partial charge in [0.05, 0.1) is 11.8 Å². The van der Waals surface area contributed by atoms with E-state index in [9.17, 15) is 9.59 Å². The van der Waals surface area contributed by atoms with Gasteiger partial charge in [-0.15, -0.1) is 0 Å². The van der Waals surface area contributed by atoms with Crippen molar-refractivity contribution < 1.29 is 17.2 Å². The van der Waals surface area contributed by atoms with Gasteiger partial charge in [0.15, 0.2) is 0 Å². The molecule has 1 saturated carbocycles. The van der Waals surface area contributed by atoms with Crippen LogP contribution in [0.3, 0.4) is 0 Å². The second-order valence-corrected chi connectivity index (χ2v) is 6.72. The Morgan fingerprint density at radius 2 is 1.65 bits per heavy atom. The third-order valence-electron chi connectivity index (χ3n) is 4.01. The van der Waals surface area contributed by atoms with Gasteiger partial charge in [0.25, 0.3) is 11.9 Å². The van der Waals surface area contributed by atoms with Crippen molar-refractivity contribution in [1.29, 1.82) is 0 Å². The summed E-state index contributed by atoms with van der Waals surface area (Å²) in [7, 11) is 0. The van der Waals surface area contributed by atoms with Gasteiger partial charge in [0.2, 0.25) is 0 Å². The Morgan fingerprint density at radius 1 is 1.06 bits per heavy atom. The molecule has 1 aliphatic carbocycles. The van der Waals surface area contributed by atoms with E-state index in [0.29, 0.717) is 5.92 Å². The van der Waals surface area contributed by atoms with E-state index < -0.39 is 15.9 Å². The van der Waals surface area contributed by atoms with Crippen molar-refractivity contribution in [3.05, 3.63) is 0 Å². The fraction of sp³-hybridized carbons (Fsp3) is 0.833. The first kappa shape index (κ1) is 12.9. The molecule has 1 radical (unpaired) electrons. The minimum atomic E-state index is -0.942. The van der Waals surface area contributed by atoms with Crippen molar-refractivity contribution >= 4 is 27.8 Å². The van der Waals surface area contributed by atoms with E-state index in [-0.39, 0.29) is 29.2 Å². The van der Waals surface area contributed by atoms with Gasteiger partial charge in [-0.2, -0.15) is 0 Å². The highest BCUT2D eigenvalue weighted by Crippen LogP contribution is 2.44. The van der Waals surface area contributed by atoms with Gasteiger partial charge in [-0.1, -0.05) is 20.8 Å². The monoisotopic (exact) mass is 253 g/mol. The summed E-state index contributed by atoms with van der Waals surface area (Å²) >= 11 is -0.942. The van der Waals surface area contributed by atoms with Crippen LogP contribution in [0.2, 0.25) is 0 Å². The van der Waals surface area contributed by atoms with Gasteiger partial charge in [0, 0.05) is 0 Å². The second kappa shape index (κ2) is 4.62. The van der Waals surface area contributed by atoms with E-state index in [1.54, 1.807) is 0 Å². The summed E-state index contributed by atoms with van der Waals surface area (Å²) in [6.45, 7) is 6.55. The Kier molecular flexibility index (Phi) is 3.51. The molecule has 2 fully saturated rings. The molecular formula is C12H18AlO4. The molecule has 0 N–H and O–H groups in total. The zero-order valence-electron chi connectivity index (χ0n) is 10.6. The second-order valence-electron chi connectivity index (χ2n) is 6.06. The predicted octanol–water partition coefficient (Wildman–Crippen LogP) is 1.70. The molecule has 0 amide bonds. The summed E-state index contributed by atoms with van der Waals surface area (Å²) < 4.78 is 9.97. The molecule has 5 heteroatoms. The van der Waals surface area contributed by atoms with Gasteiger partial charge in [-0.05, 0) is 30.6 Å². The molecule has 3 atom stereocenters. The standard InChI is InChI=1S/C12H20O4.Al/c1-12(2,3)7-4-5-8(10(13)14)9(6-7)11(15)16;/h7-9H,4-6H2,1-3H3,(H,13,14)(H,15,16);/q;+2/p-2. The van der Waals surface area contributed by atoms with E-state index in [4.69, 9.17) is 7.58 Å². The van der Waals surface area contributed by atoms with Crippen molar-refractivity contribution in [2.75, 3.05) is 0 Å². The van der Waals surface area contributed by atoms with Crippen molar-refractivity contribution in [2.45, 2.75) is 40.0 Å². The van der Waals surface area contributed by atoms with Crippen LogP contribution in [0.25, 0.3) is 0 Å². The van der Waals surface area contributed by atoms with Gasteiger partial charge in [0.1, 0.15) is 0 Å². The van der Waals surface area contributed by atoms with Gasteiger partial charge in [-0.3, -0.25) is 9.59 Å². The Bertz CT molecular complexity index is 334. The van der Waals surface area contributed by atoms with Crippen LogP contribution < -0.4 is 0 Å². The lowest BCUT2D eigenvalue weighted by Crippen LogP contribution is -2.38. The van der Waals surface area contributed by atoms with Crippen molar-refractivity contribution in [3.63, 3.8) is 0 Å². The molecule has 1 heterocycles. The molecule has 0 spiro atoms. The van der Waals surface area contributed by atoms with Crippen molar-refractivity contribution in [3.8, 4) is 0 Å². The highest BCUT2D eigenvalue weighted by atomic mass is 27.2. The number of carbonyl (C=O) groups is 2. The number of rotatable bonds is 0. The van der Waals surface area contributed by atoms with Crippen molar-refractivity contribution in [1.82, 2.24) is 0 Å². The Morgan fingerprint density at radius 3 is 2.24 bits per heavy atom. The maximum atomic E-state index is 11.8. The van der Waals surface area contributed by atoms with E-state index in [2.05, 4.69) is 20.8 Å². The molecular weight excluding hydrogens is 235 g/mol. The minimum Gasteiger partial charge on any atom is -0.589 e. The molecule has 2 aliphatic rings. The van der Waals surface area contributed by atoms with Crippen LogP contribution in [-0.2, 0) is 17.2 Å². The zero-order valence-corrected chi connectivity index (χ0v) is 11.7. The smallest absolute Gasteiger partial charge is 0.589 e. The average Bonchev–Trinajstić information content (AvgIpc) is 2.39. The first-order chi connectivity index (χ1) is 7.89. The first-order valence-electron chi connectivity index (χ1n) is 6.12. The maximum Gasteiger partial charge on any atom is 0.885 e. The SMILES string of the molecule is CC(C)(C)C1CCC2C(=O)[O][Al][O]C(=O)C2C1. The van der Waals surface area contributed by atoms with E-state index in [1.807, 2.05) is 0 Å². The molecule has 4 nitrogen and oxygen atoms in total. The quantitative estimate of drug-likeness (QED) is 0.616. The number of hydrogen-bond acceptors (Lipinski definition) is 4. The fourth-order valence-corrected chi connectivity index (χ4v) is 3.38. The molecule has 1 aliphatic heterocycles. The summed E-state index contributed by atoms with van der Waals surface area (Å²) in [5, 5.41) is 0. The van der Waals surface area contributed by atoms with Crippen LogP contribution in [0.1, 0.15) is 40.0 Å². The van der Waals surface area contributed by atoms with Gasteiger partial charge < -0.3 is 7.58 Å². The third-order valence-corrected chi connectivity index (χ3v) is 4.67. The number of carbonyl (C=O) groups excluding carboxylic acids is 2. The largest absolute Gasteiger partial charge is 0.885 e. The summed E-state index contributed by atoms with van der Waals surface area (Å²) in [5.41, 5.74) is 0.175. The van der Waals surface area contributed by atoms with Crippen LogP contribution in [0.5, 0.6) is 0 Å². The van der Waals surface area contributed by atoms with Crippen LogP contribution in [-0.4, -0.2) is 27.8 Å². The fourth-order valence-electron chi connectivity index (χ4n) is 2.79. The lowest BCUT2D eigenvalue weighted by atomic mass is 9.65. The Balaban J connectivity index is 2.16. The highest BCUT2D eigenvalue weighted by molar-refractivity contribution is 6.27. The molecule has 0 aromatic heterocycles. The molecule has 1 saturated heterocycles. The average molecular weight is 253 g/mol. The Labute approximate surface area is 108 Å². The van der Waals surface area contributed by atoms with Crippen LogP contribution in [0.4, 0.5) is 0 Å². The zero-order chi connectivity index (χ0) is 12.6. The minimum absolute atomic E-state index is 0.175. The lowest BCUT2D eigenvalue weighted by Gasteiger charge is -2.39. The highest BCUT2D eigenvalue weighted by Gasteiger charge is 2.45. The van der Waals surface area contributed by atoms with Crippen LogP contribution in [0, 0.1) is 23.2 Å². The lowest BCUT2D eigenvalue weighted by molar-refractivity contribution is -0.148.